The maximum atomic E-state index is 12.8. The van der Waals surface area contributed by atoms with Crippen molar-refractivity contribution in [1.29, 1.82) is 0 Å². The number of nitrogens with one attached hydrogen (secondary N) is 3. The number of carbonyl (C=O) groups is 5. The van der Waals surface area contributed by atoms with E-state index >= 15 is 0 Å². The zero-order chi connectivity index (χ0) is 23.8. The zero-order valence-corrected chi connectivity index (χ0v) is 17.1. The molecule has 4 atom stereocenters. The van der Waals surface area contributed by atoms with E-state index in [1.54, 1.807) is 0 Å². The number of carboxylic acid groups (broad SMARTS) is 2. The third-order valence-electron chi connectivity index (χ3n) is 4.96. The van der Waals surface area contributed by atoms with E-state index in [4.69, 9.17) is 10.8 Å². The molecule has 1 aromatic rings. The molecule has 0 radical (unpaired) electrons. The van der Waals surface area contributed by atoms with Crippen LogP contribution in [0.25, 0.3) is 0 Å². The van der Waals surface area contributed by atoms with Gasteiger partial charge in [0.1, 0.15) is 18.1 Å². The van der Waals surface area contributed by atoms with Crippen LogP contribution in [-0.2, 0) is 30.4 Å². The zero-order valence-electron chi connectivity index (χ0n) is 17.1. The highest BCUT2D eigenvalue weighted by atomic mass is 16.4. The Hall–Kier alpha value is -3.52. The average Bonchev–Trinajstić information content (AvgIpc) is 3.42. The van der Waals surface area contributed by atoms with E-state index < -0.39 is 66.9 Å². The van der Waals surface area contributed by atoms with Crippen LogP contribution >= 0.6 is 0 Å². The Morgan fingerprint density at radius 2 is 1.88 bits per heavy atom. The number of aromatic nitrogens is 2. The number of hydrogen-bond donors (Lipinski definition) is 7. The Morgan fingerprint density at radius 1 is 1.19 bits per heavy atom. The van der Waals surface area contributed by atoms with E-state index in [0.717, 1.165) is 4.90 Å². The van der Waals surface area contributed by atoms with Gasteiger partial charge < -0.3 is 41.6 Å². The van der Waals surface area contributed by atoms with Crippen LogP contribution in [-0.4, -0.2) is 97.2 Å². The standard InChI is InChI=1S/C18H26N6O8/c19-10(5-14(26)27)15(28)22-11(4-9-6-20-8-21-9)16(29)23-12(7-25)17(30)24-3-1-2-13(24)18(31)32/h6,8,10-13,25H,1-5,7,19H2,(H,20,21)(H,22,28)(H,23,29)(H,26,27)(H,31,32). The molecule has 1 aromatic heterocycles. The van der Waals surface area contributed by atoms with Crippen molar-refractivity contribution >= 4 is 29.7 Å². The number of aromatic amines is 1. The number of carbonyl (C=O) groups excluding carboxylic acids is 3. The lowest BCUT2D eigenvalue weighted by molar-refractivity contribution is -0.150. The molecule has 0 aromatic carbocycles. The number of carboxylic acids is 2. The Bertz CT molecular complexity index is 845. The molecule has 14 nitrogen and oxygen atoms in total. The molecule has 4 unspecified atom stereocenters. The number of aliphatic hydroxyl groups is 1. The smallest absolute Gasteiger partial charge is 0.326 e. The lowest BCUT2D eigenvalue weighted by Crippen LogP contribution is -2.58. The molecule has 1 aliphatic heterocycles. The van der Waals surface area contributed by atoms with Crippen LogP contribution in [0.4, 0.5) is 0 Å². The van der Waals surface area contributed by atoms with Gasteiger partial charge in [0.25, 0.3) is 0 Å². The molecule has 1 saturated heterocycles. The van der Waals surface area contributed by atoms with Crippen molar-refractivity contribution in [3.63, 3.8) is 0 Å². The Morgan fingerprint density at radius 3 is 2.44 bits per heavy atom. The summed E-state index contributed by atoms with van der Waals surface area (Å²) in [7, 11) is 0. The minimum Gasteiger partial charge on any atom is -0.481 e. The predicted molar refractivity (Wildman–Crippen MR) is 106 cm³/mol. The predicted octanol–water partition coefficient (Wildman–Crippen LogP) is -3.21. The van der Waals surface area contributed by atoms with Gasteiger partial charge in [0.15, 0.2) is 0 Å². The van der Waals surface area contributed by atoms with Gasteiger partial charge in [-0.1, -0.05) is 0 Å². The largest absolute Gasteiger partial charge is 0.481 e. The molecule has 2 heterocycles. The first-order chi connectivity index (χ1) is 15.1. The summed E-state index contributed by atoms with van der Waals surface area (Å²) in [6.07, 6.45) is 2.72. The SMILES string of the molecule is NC(CC(=O)O)C(=O)NC(Cc1cnc[nH]1)C(=O)NC(CO)C(=O)N1CCCC1C(=O)O. The molecule has 0 saturated carbocycles. The van der Waals surface area contributed by atoms with E-state index in [9.17, 15) is 34.2 Å². The summed E-state index contributed by atoms with van der Waals surface area (Å²) in [6.45, 7) is -0.628. The summed E-state index contributed by atoms with van der Waals surface area (Å²) in [5, 5.41) is 32.4. The summed E-state index contributed by atoms with van der Waals surface area (Å²) < 4.78 is 0. The van der Waals surface area contributed by atoms with Crippen molar-refractivity contribution in [3.05, 3.63) is 18.2 Å². The maximum Gasteiger partial charge on any atom is 0.326 e. The van der Waals surface area contributed by atoms with E-state index in [0.29, 0.717) is 12.1 Å². The number of nitrogens with zero attached hydrogens (tertiary/aromatic N) is 2. The number of amides is 3. The van der Waals surface area contributed by atoms with Crippen LogP contribution in [0.1, 0.15) is 25.0 Å². The number of likely N-dealkylation sites (tertiary alicyclic amines) is 1. The lowest BCUT2D eigenvalue weighted by atomic mass is 10.1. The van der Waals surface area contributed by atoms with E-state index in [1.165, 1.54) is 12.5 Å². The molecular formula is C18H26N6O8. The molecule has 8 N–H and O–H groups in total. The fourth-order valence-electron chi connectivity index (χ4n) is 3.33. The first-order valence-corrected chi connectivity index (χ1v) is 9.83. The Balaban J connectivity index is 2.12. The first kappa shape index (κ1) is 24.7. The molecule has 176 valence electrons. The molecule has 32 heavy (non-hydrogen) atoms. The number of imidazole rings is 1. The van der Waals surface area contributed by atoms with E-state index in [1.807, 2.05) is 0 Å². The maximum absolute atomic E-state index is 12.8. The van der Waals surface area contributed by atoms with Gasteiger partial charge in [-0.05, 0) is 12.8 Å². The molecule has 1 aliphatic rings. The second kappa shape index (κ2) is 11.2. The highest BCUT2D eigenvalue weighted by Crippen LogP contribution is 2.18. The van der Waals surface area contributed by atoms with Gasteiger partial charge in [-0.15, -0.1) is 0 Å². The second-order valence-corrected chi connectivity index (χ2v) is 7.32. The van der Waals surface area contributed by atoms with Crippen molar-refractivity contribution in [2.45, 2.75) is 49.9 Å². The normalized spacial score (nSPS) is 18.4. The summed E-state index contributed by atoms with van der Waals surface area (Å²) in [5.74, 6) is -5.00. The number of rotatable bonds is 11. The fraction of sp³-hybridized carbons (Fsp3) is 0.556. The summed E-state index contributed by atoms with van der Waals surface area (Å²) in [4.78, 5) is 67.6. The molecule has 1 fully saturated rings. The van der Waals surface area contributed by atoms with Crippen LogP contribution in [0, 0.1) is 0 Å². The fourth-order valence-corrected chi connectivity index (χ4v) is 3.33. The third kappa shape index (κ3) is 6.49. The molecule has 0 aliphatic carbocycles. The van der Waals surface area contributed by atoms with Gasteiger partial charge >= 0.3 is 11.9 Å². The number of hydrogen-bond acceptors (Lipinski definition) is 8. The van der Waals surface area contributed by atoms with Crippen molar-refractivity contribution in [1.82, 2.24) is 25.5 Å². The third-order valence-corrected chi connectivity index (χ3v) is 4.96. The highest BCUT2D eigenvalue weighted by Gasteiger charge is 2.38. The van der Waals surface area contributed by atoms with Gasteiger partial charge in [0.05, 0.1) is 25.4 Å². The number of H-pyrrole nitrogens is 1. The summed E-state index contributed by atoms with van der Waals surface area (Å²) in [6, 6.07) is -5.18. The highest BCUT2D eigenvalue weighted by molar-refractivity contribution is 5.95. The molecule has 3 amide bonds. The van der Waals surface area contributed by atoms with Gasteiger partial charge in [-0.25, -0.2) is 9.78 Å². The molecular weight excluding hydrogens is 428 g/mol. The molecule has 0 bridgehead atoms. The van der Waals surface area contributed by atoms with Crippen LogP contribution in [0.15, 0.2) is 12.5 Å². The number of aliphatic carboxylic acids is 2. The minimum absolute atomic E-state index is 0.0921. The second-order valence-electron chi connectivity index (χ2n) is 7.32. The first-order valence-electron chi connectivity index (χ1n) is 9.83. The molecule has 0 spiro atoms. The molecule has 14 heteroatoms. The van der Waals surface area contributed by atoms with E-state index in [2.05, 4.69) is 20.6 Å². The van der Waals surface area contributed by atoms with Gasteiger partial charge in [0.2, 0.25) is 17.7 Å². The van der Waals surface area contributed by atoms with Crippen molar-refractivity contribution < 1.29 is 39.3 Å². The molecule has 2 rings (SSSR count). The summed E-state index contributed by atoms with van der Waals surface area (Å²) in [5.41, 5.74) is 5.99. The van der Waals surface area contributed by atoms with Crippen LogP contribution in [0.5, 0.6) is 0 Å². The topological polar surface area (TPSA) is 228 Å². The summed E-state index contributed by atoms with van der Waals surface area (Å²) >= 11 is 0. The quantitative estimate of drug-likeness (QED) is 0.177. The number of aliphatic hydroxyl groups excluding tert-OH is 1. The van der Waals surface area contributed by atoms with Gasteiger partial charge in [-0.3, -0.25) is 19.2 Å². The van der Waals surface area contributed by atoms with Crippen LogP contribution < -0.4 is 16.4 Å². The monoisotopic (exact) mass is 454 g/mol. The van der Waals surface area contributed by atoms with Crippen molar-refractivity contribution in [3.8, 4) is 0 Å². The Kier molecular flexibility index (Phi) is 8.66. The minimum atomic E-state index is -1.43. The van der Waals surface area contributed by atoms with Gasteiger partial charge in [-0.2, -0.15) is 0 Å². The van der Waals surface area contributed by atoms with E-state index in [-0.39, 0.29) is 19.4 Å². The van der Waals surface area contributed by atoms with Crippen molar-refractivity contribution in [2.24, 2.45) is 5.73 Å². The van der Waals surface area contributed by atoms with Crippen molar-refractivity contribution in [2.75, 3.05) is 13.2 Å². The average molecular weight is 454 g/mol. The van der Waals surface area contributed by atoms with Crippen LogP contribution in [0.2, 0.25) is 0 Å². The van der Waals surface area contributed by atoms with Gasteiger partial charge in [0, 0.05) is 24.9 Å². The lowest BCUT2D eigenvalue weighted by Gasteiger charge is -2.28. The number of nitrogens with two attached hydrogens (primary N) is 1. The van der Waals surface area contributed by atoms with Crippen LogP contribution in [0.3, 0.4) is 0 Å². The Labute approximate surface area is 182 Å².